The number of fused-ring (bicyclic) bond motifs is 1. The predicted octanol–water partition coefficient (Wildman–Crippen LogP) is 2.27. The van der Waals surface area contributed by atoms with Crippen molar-refractivity contribution in [1.82, 2.24) is 14.1 Å². The highest BCUT2D eigenvalue weighted by Gasteiger charge is 2.27. The molecule has 0 fully saturated rings. The van der Waals surface area contributed by atoms with E-state index in [1.54, 1.807) is 24.3 Å². The number of aryl methyl sites for hydroxylation is 1. The number of ether oxygens (including phenoxy) is 1. The molecule has 0 aliphatic heterocycles. The van der Waals surface area contributed by atoms with E-state index in [1.807, 2.05) is 22.9 Å². The van der Waals surface area contributed by atoms with Crippen molar-refractivity contribution in [3.63, 3.8) is 0 Å². The number of carbonyl (C=O) groups is 1. The van der Waals surface area contributed by atoms with Gasteiger partial charge in [0, 0.05) is 19.7 Å². The molecule has 0 saturated heterocycles. The molecule has 4 rings (SSSR count). The number of pyridine rings is 1. The van der Waals surface area contributed by atoms with Crippen LogP contribution in [0.5, 0.6) is 5.75 Å². The van der Waals surface area contributed by atoms with Crippen LogP contribution in [0.25, 0.3) is 11.0 Å². The zero-order chi connectivity index (χ0) is 23.0. The van der Waals surface area contributed by atoms with Crippen molar-refractivity contribution in [2.75, 3.05) is 18.2 Å². The number of methoxy groups -OCH3 is 1. The molecule has 0 aliphatic rings. The van der Waals surface area contributed by atoms with Crippen LogP contribution in [0.15, 0.2) is 56.7 Å². The van der Waals surface area contributed by atoms with Crippen molar-refractivity contribution in [2.24, 2.45) is 14.1 Å². The molecule has 32 heavy (non-hydrogen) atoms. The zero-order valence-electron chi connectivity index (χ0n) is 17.8. The fourth-order valence-corrected chi connectivity index (χ4v) is 5.10. The lowest BCUT2D eigenvalue weighted by Crippen LogP contribution is -2.38. The number of para-hydroxylation sites is 2. The number of hydrogen-bond donors (Lipinski definition) is 2. The van der Waals surface area contributed by atoms with Gasteiger partial charge >= 0.3 is 5.69 Å². The van der Waals surface area contributed by atoms with Crippen LogP contribution in [-0.2, 0) is 19.8 Å². The molecule has 0 aliphatic carbocycles. The Morgan fingerprint density at radius 2 is 1.81 bits per heavy atom. The molecule has 0 bridgehead atoms. The van der Waals surface area contributed by atoms with Crippen LogP contribution in [0.2, 0.25) is 0 Å². The third kappa shape index (κ3) is 3.54. The first-order valence-electron chi connectivity index (χ1n) is 9.69. The van der Waals surface area contributed by atoms with Gasteiger partial charge in [0.15, 0.2) is 11.4 Å². The Kier molecular flexibility index (Phi) is 5.54. The molecule has 0 unspecified atom stereocenters. The lowest BCUT2D eigenvalue weighted by Gasteiger charge is -2.16. The molecule has 3 heterocycles. The highest BCUT2D eigenvalue weighted by atomic mass is 32.2. The molecule has 0 atom stereocenters. The zero-order valence-corrected chi connectivity index (χ0v) is 18.6. The maximum atomic E-state index is 13.4. The van der Waals surface area contributed by atoms with Crippen LogP contribution in [-0.4, -0.2) is 27.1 Å². The van der Waals surface area contributed by atoms with Crippen LogP contribution in [0.4, 0.5) is 11.5 Å². The van der Waals surface area contributed by atoms with E-state index in [-0.39, 0.29) is 32.9 Å². The quantitative estimate of drug-likeness (QED) is 0.448. The molecule has 10 heteroatoms. The first kappa shape index (κ1) is 21.3. The second-order valence-electron chi connectivity index (χ2n) is 7.18. The SMILES string of the molecule is COc1ccccc1NC(=O)c1c(N)nc2c(c1C[s+]1cccc1)c(=O)n(C)c(=O)n2C. The molecule has 1 aromatic carbocycles. The second-order valence-corrected chi connectivity index (χ2v) is 8.95. The number of nitrogens with one attached hydrogen (secondary N) is 1. The number of nitrogens with zero attached hydrogens (tertiary/aromatic N) is 3. The minimum Gasteiger partial charge on any atom is -0.495 e. The van der Waals surface area contributed by atoms with Crippen molar-refractivity contribution in [3.05, 3.63) is 79.1 Å². The largest absolute Gasteiger partial charge is 0.495 e. The molecular formula is C22H22N5O4S+. The van der Waals surface area contributed by atoms with Gasteiger partial charge in [0.25, 0.3) is 11.5 Å². The lowest BCUT2D eigenvalue weighted by atomic mass is 10.1. The molecule has 3 N–H and O–H groups in total. The smallest absolute Gasteiger partial charge is 0.332 e. The Labute approximate surface area is 185 Å². The van der Waals surface area contributed by atoms with E-state index in [9.17, 15) is 14.4 Å². The molecule has 0 saturated carbocycles. The number of hydrogen-bond acceptors (Lipinski definition) is 6. The Morgan fingerprint density at radius 3 is 2.50 bits per heavy atom. The molecule has 164 valence electrons. The summed E-state index contributed by atoms with van der Waals surface area (Å²) in [5, 5.41) is 7.01. The van der Waals surface area contributed by atoms with Gasteiger partial charge < -0.3 is 15.8 Å². The van der Waals surface area contributed by atoms with Crippen molar-refractivity contribution in [3.8, 4) is 5.75 Å². The number of thiophene rings is 1. The minimum atomic E-state index is -0.521. The summed E-state index contributed by atoms with van der Waals surface area (Å²) in [5.41, 5.74) is 6.37. The van der Waals surface area contributed by atoms with E-state index in [0.717, 1.165) is 4.57 Å². The highest BCUT2D eigenvalue weighted by molar-refractivity contribution is 7.27. The van der Waals surface area contributed by atoms with Crippen molar-refractivity contribution in [2.45, 2.75) is 5.75 Å². The number of amides is 1. The number of rotatable bonds is 5. The summed E-state index contributed by atoms with van der Waals surface area (Å²) in [7, 11) is 4.09. The molecule has 0 spiro atoms. The van der Waals surface area contributed by atoms with Gasteiger partial charge in [0.2, 0.25) is 0 Å². The van der Waals surface area contributed by atoms with E-state index in [0.29, 0.717) is 22.8 Å². The summed E-state index contributed by atoms with van der Waals surface area (Å²) in [5.74, 6) is 0.289. The number of nitrogen functional groups attached to an aromatic ring is 1. The first-order chi connectivity index (χ1) is 15.3. The van der Waals surface area contributed by atoms with E-state index in [2.05, 4.69) is 10.3 Å². The van der Waals surface area contributed by atoms with Gasteiger partial charge in [0.05, 0.1) is 23.7 Å². The summed E-state index contributed by atoms with van der Waals surface area (Å²) >= 11 is 0. The summed E-state index contributed by atoms with van der Waals surface area (Å²) in [6, 6.07) is 10.8. The fraction of sp³-hybridized carbons (Fsp3) is 0.182. The second kappa shape index (κ2) is 8.31. The maximum absolute atomic E-state index is 13.4. The Hall–Kier alpha value is -3.92. The van der Waals surface area contributed by atoms with Crippen LogP contribution in [0.1, 0.15) is 15.9 Å². The van der Waals surface area contributed by atoms with Crippen LogP contribution in [0, 0.1) is 0 Å². The van der Waals surface area contributed by atoms with Crippen LogP contribution < -0.4 is 27.0 Å². The van der Waals surface area contributed by atoms with Gasteiger partial charge in [-0.25, -0.2) is 9.78 Å². The molecule has 1 amide bonds. The normalized spacial score (nSPS) is 11.0. The lowest BCUT2D eigenvalue weighted by molar-refractivity contribution is 0.102. The third-order valence-electron chi connectivity index (χ3n) is 5.23. The first-order valence-corrected chi connectivity index (χ1v) is 11.2. The molecular weight excluding hydrogens is 430 g/mol. The summed E-state index contributed by atoms with van der Waals surface area (Å²) < 4.78 is 7.59. The fourth-order valence-electron chi connectivity index (χ4n) is 3.61. The summed E-state index contributed by atoms with van der Waals surface area (Å²) in [6.07, 6.45) is 0. The highest BCUT2D eigenvalue weighted by Crippen LogP contribution is 2.32. The van der Waals surface area contributed by atoms with Crippen molar-refractivity contribution >= 4 is 38.9 Å². The number of anilines is 2. The van der Waals surface area contributed by atoms with Gasteiger partial charge in [-0.3, -0.25) is 18.7 Å². The number of benzene rings is 1. The molecule has 0 radical (unpaired) electrons. The summed E-state index contributed by atoms with van der Waals surface area (Å²) in [4.78, 5) is 43.2. The van der Waals surface area contributed by atoms with Crippen LogP contribution >= 0.6 is 10.5 Å². The van der Waals surface area contributed by atoms with E-state index < -0.39 is 17.2 Å². The Morgan fingerprint density at radius 1 is 1.12 bits per heavy atom. The molecule has 9 nitrogen and oxygen atoms in total. The van der Waals surface area contributed by atoms with E-state index in [1.165, 1.54) is 25.8 Å². The Bertz CT molecular complexity index is 1450. The maximum Gasteiger partial charge on any atom is 0.332 e. The van der Waals surface area contributed by atoms with E-state index >= 15 is 0 Å². The van der Waals surface area contributed by atoms with Crippen molar-refractivity contribution < 1.29 is 9.53 Å². The number of carbonyl (C=O) groups excluding carboxylic acids is 1. The molecule has 3 aromatic heterocycles. The molecule has 4 aromatic rings. The number of aromatic nitrogens is 3. The van der Waals surface area contributed by atoms with Gasteiger partial charge in [-0.2, -0.15) is 0 Å². The summed E-state index contributed by atoms with van der Waals surface area (Å²) in [6.45, 7) is 0. The van der Waals surface area contributed by atoms with E-state index in [4.69, 9.17) is 10.5 Å². The third-order valence-corrected chi connectivity index (χ3v) is 6.87. The van der Waals surface area contributed by atoms with Gasteiger partial charge in [-0.1, -0.05) is 12.1 Å². The number of nitrogens with two attached hydrogens (primary N) is 1. The standard InChI is InChI=1S/C22H21N5O4S/c1-26-19-17(21(29)27(2)22(26)30)13(12-32-10-6-7-11-32)16(18(23)25-19)20(28)24-14-8-4-5-9-15(14)31-3/h4-11H,12H2,1-3H3,(H2-,23,24,25,28,29)/p+1. The van der Waals surface area contributed by atoms with Crippen molar-refractivity contribution in [1.29, 1.82) is 0 Å². The predicted molar refractivity (Wildman–Crippen MR) is 126 cm³/mol. The van der Waals surface area contributed by atoms with Gasteiger partial charge in [-0.05, 0) is 34.7 Å². The topological polar surface area (TPSA) is 121 Å². The minimum absolute atomic E-state index is 0.0566. The average Bonchev–Trinajstić information content (AvgIpc) is 3.29. The van der Waals surface area contributed by atoms with Crippen LogP contribution in [0.3, 0.4) is 0 Å². The average molecular weight is 453 g/mol. The van der Waals surface area contributed by atoms with Gasteiger partial charge in [0.1, 0.15) is 22.3 Å². The Balaban J connectivity index is 1.99. The van der Waals surface area contributed by atoms with Gasteiger partial charge in [-0.15, -0.1) is 0 Å². The monoisotopic (exact) mass is 452 g/mol.